The van der Waals surface area contributed by atoms with Crippen molar-refractivity contribution >= 4 is 17.4 Å². The van der Waals surface area contributed by atoms with Crippen molar-refractivity contribution < 1.29 is 9.59 Å². The predicted molar refractivity (Wildman–Crippen MR) is 87.9 cm³/mol. The molecule has 5 nitrogen and oxygen atoms in total. The number of likely N-dealkylation sites (tertiary alicyclic amines) is 1. The minimum atomic E-state index is -0.0961. The first kappa shape index (κ1) is 16.6. The topological polar surface area (TPSA) is 75.4 Å². The van der Waals surface area contributed by atoms with Crippen LogP contribution in [-0.2, 0) is 4.79 Å². The Kier molecular flexibility index (Phi) is 5.69. The molecule has 5 heteroatoms. The maximum absolute atomic E-state index is 12.3. The highest BCUT2D eigenvalue weighted by Crippen LogP contribution is 2.20. The van der Waals surface area contributed by atoms with Crippen LogP contribution in [0, 0.1) is 0 Å². The normalized spacial score (nSPS) is 20.4. The largest absolute Gasteiger partial charge is 0.327 e. The fraction of sp³-hybridized carbons (Fsp3) is 0.529. The van der Waals surface area contributed by atoms with Crippen molar-refractivity contribution in [1.29, 1.82) is 0 Å². The summed E-state index contributed by atoms with van der Waals surface area (Å²) < 4.78 is 0. The number of nitrogens with zero attached hydrogens (tertiary/aromatic N) is 1. The SMILES string of the molecule is CC(=O)c1ccccc1NC(=O)CN1CCCCC1C(C)N. The van der Waals surface area contributed by atoms with Crippen molar-refractivity contribution in [2.75, 3.05) is 18.4 Å². The maximum atomic E-state index is 12.3. The molecule has 0 bridgehead atoms. The Hall–Kier alpha value is -1.72. The molecule has 1 aromatic rings. The van der Waals surface area contributed by atoms with Crippen molar-refractivity contribution in [3.63, 3.8) is 0 Å². The first-order valence-corrected chi connectivity index (χ1v) is 7.88. The number of para-hydroxylation sites is 1. The number of Topliss-reactive ketones (excluding diaryl/α,β-unsaturated/α-hetero) is 1. The van der Waals surface area contributed by atoms with Crippen LogP contribution in [0.15, 0.2) is 24.3 Å². The van der Waals surface area contributed by atoms with Crippen molar-refractivity contribution in [2.24, 2.45) is 5.73 Å². The Labute approximate surface area is 131 Å². The molecule has 3 N–H and O–H groups in total. The molecule has 2 atom stereocenters. The lowest BCUT2D eigenvalue weighted by Gasteiger charge is -2.37. The molecule has 1 aromatic carbocycles. The van der Waals surface area contributed by atoms with E-state index in [2.05, 4.69) is 10.2 Å². The molecule has 0 aromatic heterocycles. The second-order valence-electron chi connectivity index (χ2n) is 6.04. The molecule has 1 aliphatic heterocycles. The highest BCUT2D eigenvalue weighted by molar-refractivity contribution is 6.04. The summed E-state index contributed by atoms with van der Waals surface area (Å²) in [5, 5.41) is 2.86. The number of nitrogens with one attached hydrogen (secondary N) is 1. The van der Waals surface area contributed by atoms with E-state index in [0.717, 1.165) is 25.8 Å². The number of carbonyl (C=O) groups is 2. The summed E-state index contributed by atoms with van der Waals surface area (Å²) in [6, 6.07) is 7.40. The minimum absolute atomic E-state index is 0.0533. The summed E-state index contributed by atoms with van der Waals surface area (Å²) in [6.45, 7) is 4.71. The van der Waals surface area contributed by atoms with E-state index in [4.69, 9.17) is 5.73 Å². The minimum Gasteiger partial charge on any atom is -0.327 e. The lowest BCUT2D eigenvalue weighted by Crippen LogP contribution is -2.51. The van der Waals surface area contributed by atoms with Gasteiger partial charge in [0, 0.05) is 17.6 Å². The summed E-state index contributed by atoms with van der Waals surface area (Å²) in [5.41, 5.74) is 7.15. The van der Waals surface area contributed by atoms with Crippen LogP contribution in [0.2, 0.25) is 0 Å². The van der Waals surface area contributed by atoms with Crippen LogP contribution < -0.4 is 11.1 Å². The van der Waals surface area contributed by atoms with E-state index in [9.17, 15) is 9.59 Å². The predicted octanol–water partition coefficient (Wildman–Crippen LogP) is 2.03. The fourth-order valence-electron chi connectivity index (χ4n) is 3.08. The van der Waals surface area contributed by atoms with Crippen molar-refractivity contribution in [3.05, 3.63) is 29.8 Å². The van der Waals surface area contributed by atoms with Crippen LogP contribution in [-0.4, -0.2) is 41.8 Å². The van der Waals surface area contributed by atoms with E-state index in [1.165, 1.54) is 6.92 Å². The molecule has 1 aliphatic rings. The van der Waals surface area contributed by atoms with Gasteiger partial charge in [0.15, 0.2) is 5.78 Å². The molecule has 1 heterocycles. The molecule has 1 amide bonds. The lowest BCUT2D eigenvalue weighted by atomic mass is 9.97. The average molecular weight is 303 g/mol. The van der Waals surface area contributed by atoms with Gasteiger partial charge < -0.3 is 11.1 Å². The Bertz CT molecular complexity index is 542. The van der Waals surface area contributed by atoms with Gasteiger partial charge >= 0.3 is 0 Å². The average Bonchev–Trinajstić information content (AvgIpc) is 2.47. The summed E-state index contributed by atoms with van der Waals surface area (Å²) in [5.74, 6) is -0.149. The maximum Gasteiger partial charge on any atom is 0.238 e. The zero-order valence-corrected chi connectivity index (χ0v) is 13.3. The highest BCUT2D eigenvalue weighted by Gasteiger charge is 2.27. The van der Waals surface area contributed by atoms with E-state index >= 15 is 0 Å². The zero-order chi connectivity index (χ0) is 16.1. The zero-order valence-electron chi connectivity index (χ0n) is 13.3. The third kappa shape index (κ3) is 4.15. The number of rotatable bonds is 5. The van der Waals surface area contributed by atoms with Gasteiger partial charge in [-0.3, -0.25) is 14.5 Å². The number of ketones is 1. The van der Waals surface area contributed by atoms with Crippen molar-refractivity contribution in [2.45, 2.75) is 45.2 Å². The number of amides is 1. The van der Waals surface area contributed by atoms with Crippen LogP contribution in [0.1, 0.15) is 43.5 Å². The smallest absolute Gasteiger partial charge is 0.238 e. The van der Waals surface area contributed by atoms with Gasteiger partial charge in [0.1, 0.15) is 0 Å². The first-order valence-electron chi connectivity index (χ1n) is 7.88. The molecule has 22 heavy (non-hydrogen) atoms. The third-order valence-corrected chi connectivity index (χ3v) is 4.20. The third-order valence-electron chi connectivity index (χ3n) is 4.20. The van der Waals surface area contributed by atoms with Gasteiger partial charge in [0.2, 0.25) is 5.91 Å². The molecular formula is C17H25N3O2. The molecule has 2 rings (SSSR count). The molecule has 0 saturated carbocycles. The number of nitrogens with two attached hydrogens (primary N) is 1. The van der Waals surface area contributed by atoms with Crippen molar-refractivity contribution in [1.82, 2.24) is 4.90 Å². The standard InChI is InChI=1S/C17H25N3O2/c1-12(18)16-9-5-6-10-20(16)11-17(22)19-15-8-4-3-7-14(15)13(2)21/h3-4,7-8,12,16H,5-6,9-11,18H2,1-2H3,(H,19,22). The number of anilines is 1. The van der Waals surface area contributed by atoms with Gasteiger partial charge in [-0.2, -0.15) is 0 Å². The Balaban J connectivity index is 2.02. The summed E-state index contributed by atoms with van der Waals surface area (Å²) in [6.07, 6.45) is 3.30. The quantitative estimate of drug-likeness (QED) is 0.816. The monoisotopic (exact) mass is 303 g/mol. The number of benzene rings is 1. The summed E-state index contributed by atoms with van der Waals surface area (Å²) in [7, 11) is 0. The molecule has 0 aliphatic carbocycles. The Morgan fingerprint density at radius 2 is 2.09 bits per heavy atom. The lowest BCUT2D eigenvalue weighted by molar-refractivity contribution is -0.118. The molecule has 0 spiro atoms. The second-order valence-corrected chi connectivity index (χ2v) is 6.04. The van der Waals surface area contributed by atoms with E-state index in [-0.39, 0.29) is 23.8 Å². The number of hydrogen-bond acceptors (Lipinski definition) is 4. The van der Waals surface area contributed by atoms with Gasteiger partial charge in [0.05, 0.1) is 12.2 Å². The molecular weight excluding hydrogens is 278 g/mol. The number of carbonyl (C=O) groups excluding carboxylic acids is 2. The van der Waals surface area contributed by atoms with Gasteiger partial charge in [-0.25, -0.2) is 0 Å². The van der Waals surface area contributed by atoms with Crippen LogP contribution in [0.3, 0.4) is 0 Å². The first-order chi connectivity index (χ1) is 10.5. The second kappa shape index (κ2) is 7.51. The van der Waals surface area contributed by atoms with E-state index in [1.54, 1.807) is 18.2 Å². The van der Waals surface area contributed by atoms with Crippen LogP contribution in [0.4, 0.5) is 5.69 Å². The van der Waals surface area contributed by atoms with Crippen LogP contribution >= 0.6 is 0 Å². The molecule has 1 fully saturated rings. The van der Waals surface area contributed by atoms with Gasteiger partial charge in [-0.1, -0.05) is 18.6 Å². The van der Waals surface area contributed by atoms with Crippen molar-refractivity contribution in [3.8, 4) is 0 Å². The summed E-state index contributed by atoms with van der Waals surface area (Å²) >= 11 is 0. The van der Waals surface area contributed by atoms with E-state index < -0.39 is 0 Å². The summed E-state index contributed by atoms with van der Waals surface area (Å²) in [4.78, 5) is 26.1. The Morgan fingerprint density at radius 1 is 1.36 bits per heavy atom. The fourth-order valence-corrected chi connectivity index (χ4v) is 3.08. The van der Waals surface area contributed by atoms with Crippen LogP contribution in [0.25, 0.3) is 0 Å². The Morgan fingerprint density at radius 3 is 2.77 bits per heavy atom. The number of piperidine rings is 1. The number of hydrogen-bond donors (Lipinski definition) is 2. The van der Waals surface area contributed by atoms with Gasteiger partial charge in [-0.15, -0.1) is 0 Å². The van der Waals surface area contributed by atoms with Gasteiger partial charge in [-0.05, 0) is 45.4 Å². The van der Waals surface area contributed by atoms with E-state index in [0.29, 0.717) is 17.8 Å². The molecule has 120 valence electrons. The highest BCUT2D eigenvalue weighted by atomic mass is 16.2. The van der Waals surface area contributed by atoms with Gasteiger partial charge in [0.25, 0.3) is 0 Å². The van der Waals surface area contributed by atoms with E-state index in [1.807, 2.05) is 13.0 Å². The molecule has 1 saturated heterocycles. The molecule has 2 unspecified atom stereocenters. The molecule has 0 radical (unpaired) electrons. The van der Waals surface area contributed by atoms with Crippen LogP contribution in [0.5, 0.6) is 0 Å².